The zero-order valence-corrected chi connectivity index (χ0v) is 8.67. The van der Waals surface area contributed by atoms with Gasteiger partial charge in [-0.3, -0.25) is 0 Å². The van der Waals surface area contributed by atoms with Crippen LogP contribution in [0.3, 0.4) is 0 Å². The lowest BCUT2D eigenvalue weighted by Crippen LogP contribution is -2.37. The summed E-state index contributed by atoms with van der Waals surface area (Å²) in [6.45, 7) is 3.27. The number of anilines is 2. The highest BCUT2D eigenvalue weighted by atomic mass is 35.5. The normalized spacial score (nSPS) is 16.1. The number of rotatable bonds is 1. The number of pyridine rings is 1. The minimum atomic E-state index is 0. The maximum absolute atomic E-state index is 5.81. The van der Waals surface area contributed by atoms with Gasteiger partial charge in [-0.1, -0.05) is 0 Å². The first kappa shape index (κ1) is 11.1. The van der Waals surface area contributed by atoms with Gasteiger partial charge in [0.25, 0.3) is 0 Å². The molecule has 1 saturated heterocycles. The van der Waals surface area contributed by atoms with Crippen LogP contribution in [-0.2, 0) is 4.74 Å². The van der Waals surface area contributed by atoms with E-state index in [0.29, 0.717) is 0 Å². The quantitative estimate of drug-likeness (QED) is 0.757. The molecule has 78 valence electrons. The number of ether oxygens (including phenoxy) is 1. The summed E-state index contributed by atoms with van der Waals surface area (Å²) in [5.41, 5.74) is 6.55. The highest BCUT2D eigenvalue weighted by Crippen LogP contribution is 2.19. The van der Waals surface area contributed by atoms with Gasteiger partial charge in [-0.05, 0) is 12.1 Å². The van der Waals surface area contributed by atoms with Crippen molar-refractivity contribution in [2.45, 2.75) is 0 Å². The van der Waals surface area contributed by atoms with Gasteiger partial charge in [0.15, 0.2) is 5.82 Å². The Kier molecular flexibility index (Phi) is 3.98. The Bertz CT molecular complexity index is 289. The molecule has 0 saturated carbocycles. The highest BCUT2D eigenvalue weighted by molar-refractivity contribution is 5.85. The monoisotopic (exact) mass is 215 g/mol. The largest absolute Gasteiger partial charge is 0.396 e. The fourth-order valence-electron chi connectivity index (χ4n) is 1.45. The molecule has 1 aromatic rings. The first-order valence-electron chi connectivity index (χ1n) is 4.41. The summed E-state index contributed by atoms with van der Waals surface area (Å²) in [6, 6.07) is 3.72. The van der Waals surface area contributed by atoms with E-state index < -0.39 is 0 Å². The van der Waals surface area contributed by atoms with Crippen LogP contribution in [0.1, 0.15) is 0 Å². The Labute approximate surface area is 89.5 Å². The van der Waals surface area contributed by atoms with E-state index in [1.165, 1.54) is 0 Å². The fraction of sp³-hybridized carbons (Fsp3) is 0.444. The minimum Gasteiger partial charge on any atom is -0.396 e. The van der Waals surface area contributed by atoms with Crippen molar-refractivity contribution in [1.82, 2.24) is 4.98 Å². The third kappa shape index (κ3) is 2.27. The van der Waals surface area contributed by atoms with Gasteiger partial charge >= 0.3 is 0 Å². The molecule has 0 aliphatic carbocycles. The maximum atomic E-state index is 5.81. The molecular formula is C9H14ClN3O. The standard InChI is InChI=1S/C9H13N3O.ClH/c10-8-2-1-3-11-9(8)12-4-6-13-7-5-12;/h1-3H,4-7,10H2;1H. The molecule has 1 aliphatic heterocycles. The van der Waals surface area contributed by atoms with E-state index in [1.54, 1.807) is 6.20 Å². The first-order valence-corrected chi connectivity index (χ1v) is 4.41. The van der Waals surface area contributed by atoms with Gasteiger partial charge in [-0.15, -0.1) is 12.4 Å². The second kappa shape index (κ2) is 5.02. The number of aromatic nitrogens is 1. The molecule has 5 heteroatoms. The summed E-state index contributed by atoms with van der Waals surface area (Å²) in [4.78, 5) is 6.40. The van der Waals surface area contributed by atoms with Crippen molar-refractivity contribution in [3.63, 3.8) is 0 Å². The molecule has 0 amide bonds. The topological polar surface area (TPSA) is 51.4 Å². The van der Waals surface area contributed by atoms with Crippen LogP contribution in [0.15, 0.2) is 18.3 Å². The third-order valence-corrected chi connectivity index (χ3v) is 2.13. The molecule has 2 N–H and O–H groups in total. The molecule has 2 heterocycles. The van der Waals surface area contributed by atoms with E-state index in [9.17, 15) is 0 Å². The average molecular weight is 216 g/mol. The smallest absolute Gasteiger partial charge is 0.151 e. The number of nitrogens with two attached hydrogens (primary N) is 1. The van der Waals surface area contributed by atoms with E-state index in [4.69, 9.17) is 10.5 Å². The van der Waals surface area contributed by atoms with E-state index in [1.807, 2.05) is 12.1 Å². The van der Waals surface area contributed by atoms with Crippen molar-refractivity contribution in [1.29, 1.82) is 0 Å². The second-order valence-electron chi connectivity index (χ2n) is 3.02. The summed E-state index contributed by atoms with van der Waals surface area (Å²) < 4.78 is 5.25. The summed E-state index contributed by atoms with van der Waals surface area (Å²) in [5.74, 6) is 0.880. The summed E-state index contributed by atoms with van der Waals surface area (Å²) in [7, 11) is 0. The van der Waals surface area contributed by atoms with Crippen LogP contribution in [0.25, 0.3) is 0 Å². The summed E-state index contributed by atoms with van der Waals surface area (Å²) in [6.07, 6.45) is 1.77. The zero-order chi connectivity index (χ0) is 9.10. The molecule has 1 aromatic heterocycles. The second-order valence-corrected chi connectivity index (χ2v) is 3.02. The van der Waals surface area contributed by atoms with Crippen molar-refractivity contribution in [3.05, 3.63) is 18.3 Å². The lowest BCUT2D eigenvalue weighted by Gasteiger charge is -2.28. The molecular weight excluding hydrogens is 202 g/mol. The van der Waals surface area contributed by atoms with Crippen molar-refractivity contribution < 1.29 is 4.74 Å². The number of morpholine rings is 1. The van der Waals surface area contributed by atoms with Gasteiger partial charge in [0.2, 0.25) is 0 Å². The molecule has 0 unspecified atom stereocenters. The van der Waals surface area contributed by atoms with E-state index >= 15 is 0 Å². The molecule has 0 bridgehead atoms. The summed E-state index contributed by atoms with van der Waals surface area (Å²) in [5, 5.41) is 0. The molecule has 0 atom stereocenters. The molecule has 2 rings (SSSR count). The molecule has 4 nitrogen and oxygen atoms in total. The first-order chi connectivity index (χ1) is 6.38. The Morgan fingerprint density at radius 2 is 2.07 bits per heavy atom. The molecule has 1 fully saturated rings. The van der Waals surface area contributed by atoms with Gasteiger partial charge in [0.05, 0.1) is 18.9 Å². The number of nitrogens with zero attached hydrogens (tertiary/aromatic N) is 2. The molecule has 14 heavy (non-hydrogen) atoms. The Balaban J connectivity index is 0.000000980. The van der Waals surface area contributed by atoms with Crippen LogP contribution in [-0.4, -0.2) is 31.3 Å². The third-order valence-electron chi connectivity index (χ3n) is 2.13. The van der Waals surface area contributed by atoms with Crippen molar-refractivity contribution >= 4 is 23.9 Å². The van der Waals surface area contributed by atoms with Crippen molar-refractivity contribution in [3.8, 4) is 0 Å². The van der Waals surface area contributed by atoms with Crippen LogP contribution < -0.4 is 10.6 Å². The van der Waals surface area contributed by atoms with Crippen LogP contribution in [0.2, 0.25) is 0 Å². The predicted molar refractivity (Wildman–Crippen MR) is 58.9 cm³/mol. The Hall–Kier alpha value is -1.00. The molecule has 0 radical (unpaired) electrons. The van der Waals surface area contributed by atoms with Gasteiger partial charge in [-0.25, -0.2) is 4.98 Å². The van der Waals surface area contributed by atoms with Crippen LogP contribution >= 0.6 is 12.4 Å². The number of halogens is 1. The SMILES string of the molecule is Cl.Nc1cccnc1N1CCOCC1. The van der Waals surface area contributed by atoms with E-state index in [-0.39, 0.29) is 12.4 Å². The van der Waals surface area contributed by atoms with Crippen LogP contribution in [0.5, 0.6) is 0 Å². The predicted octanol–water partition coefficient (Wildman–Crippen LogP) is 0.922. The lowest BCUT2D eigenvalue weighted by atomic mass is 10.3. The van der Waals surface area contributed by atoms with Crippen LogP contribution in [0, 0.1) is 0 Å². The maximum Gasteiger partial charge on any atom is 0.151 e. The Morgan fingerprint density at radius 1 is 1.36 bits per heavy atom. The average Bonchev–Trinajstić information content (AvgIpc) is 2.20. The number of hydrogen-bond acceptors (Lipinski definition) is 4. The number of nitrogen functional groups attached to an aromatic ring is 1. The fourth-order valence-corrected chi connectivity index (χ4v) is 1.45. The molecule has 1 aliphatic rings. The van der Waals surface area contributed by atoms with E-state index in [0.717, 1.165) is 37.8 Å². The molecule has 0 spiro atoms. The van der Waals surface area contributed by atoms with E-state index in [2.05, 4.69) is 9.88 Å². The zero-order valence-electron chi connectivity index (χ0n) is 7.85. The van der Waals surface area contributed by atoms with Gasteiger partial charge < -0.3 is 15.4 Å². The highest BCUT2D eigenvalue weighted by Gasteiger charge is 2.13. The summed E-state index contributed by atoms with van der Waals surface area (Å²) >= 11 is 0. The van der Waals surface area contributed by atoms with Crippen molar-refractivity contribution in [2.75, 3.05) is 36.9 Å². The Morgan fingerprint density at radius 3 is 2.71 bits per heavy atom. The lowest BCUT2D eigenvalue weighted by molar-refractivity contribution is 0.122. The minimum absolute atomic E-state index is 0. The van der Waals surface area contributed by atoms with Crippen molar-refractivity contribution in [2.24, 2.45) is 0 Å². The van der Waals surface area contributed by atoms with Gasteiger partial charge in [0, 0.05) is 19.3 Å². The number of hydrogen-bond donors (Lipinski definition) is 1. The van der Waals surface area contributed by atoms with Gasteiger partial charge in [0.1, 0.15) is 0 Å². The molecule has 0 aromatic carbocycles. The van der Waals surface area contributed by atoms with Gasteiger partial charge in [-0.2, -0.15) is 0 Å². The van der Waals surface area contributed by atoms with Crippen LogP contribution in [0.4, 0.5) is 11.5 Å².